The van der Waals surface area contributed by atoms with Crippen LogP contribution in [0.1, 0.15) is 12.8 Å². The van der Waals surface area contributed by atoms with Gasteiger partial charge in [-0.1, -0.05) is 0 Å². The third-order valence-corrected chi connectivity index (χ3v) is 4.48. The summed E-state index contributed by atoms with van der Waals surface area (Å²) in [4.78, 5) is 16.0. The number of aliphatic carboxylic acids is 1. The molecule has 2 fully saturated rings. The molecule has 0 aromatic heterocycles. The molecular formula is C13H24N2O3. The molecule has 18 heavy (non-hydrogen) atoms. The average molecular weight is 256 g/mol. The van der Waals surface area contributed by atoms with Crippen LogP contribution in [0, 0.1) is 11.3 Å². The molecule has 0 amide bonds. The largest absolute Gasteiger partial charge is 0.481 e. The summed E-state index contributed by atoms with van der Waals surface area (Å²) in [6.45, 7) is 2.84. The highest BCUT2D eigenvalue weighted by Gasteiger charge is 2.55. The average Bonchev–Trinajstić information content (AvgIpc) is 2.23. The predicted octanol–water partition coefficient (Wildman–Crippen LogP) is 0.360. The molecule has 1 atom stereocenters. The van der Waals surface area contributed by atoms with Crippen LogP contribution in [0.3, 0.4) is 0 Å². The smallest absolute Gasteiger partial charge is 0.315 e. The predicted molar refractivity (Wildman–Crippen MR) is 68.6 cm³/mol. The quantitative estimate of drug-likeness (QED) is 0.787. The summed E-state index contributed by atoms with van der Waals surface area (Å²) in [5.41, 5.74) is -0.690. The number of carboxylic acid groups (broad SMARTS) is 1. The minimum absolute atomic E-state index is 0.0810. The van der Waals surface area contributed by atoms with E-state index in [4.69, 9.17) is 4.74 Å². The number of nitrogens with zero attached hydrogens (tertiary/aromatic N) is 2. The number of likely N-dealkylation sites (tertiary alicyclic amines) is 1. The molecule has 0 saturated carbocycles. The van der Waals surface area contributed by atoms with Gasteiger partial charge in [-0.05, 0) is 53.0 Å². The van der Waals surface area contributed by atoms with Crippen molar-refractivity contribution in [3.8, 4) is 0 Å². The van der Waals surface area contributed by atoms with Gasteiger partial charge in [-0.2, -0.15) is 0 Å². The van der Waals surface area contributed by atoms with Crippen LogP contribution >= 0.6 is 0 Å². The Morgan fingerprint density at radius 2 is 1.94 bits per heavy atom. The molecule has 0 aromatic carbocycles. The lowest BCUT2D eigenvalue weighted by atomic mass is 9.69. The van der Waals surface area contributed by atoms with E-state index in [1.807, 2.05) is 14.1 Å². The minimum atomic E-state index is -0.702. The zero-order chi connectivity index (χ0) is 13.3. The van der Waals surface area contributed by atoms with Gasteiger partial charge in [0.05, 0.1) is 13.2 Å². The lowest BCUT2D eigenvalue weighted by Crippen LogP contribution is -2.64. The van der Waals surface area contributed by atoms with Crippen molar-refractivity contribution in [2.45, 2.75) is 18.9 Å². The van der Waals surface area contributed by atoms with Gasteiger partial charge in [-0.3, -0.25) is 4.79 Å². The van der Waals surface area contributed by atoms with Crippen molar-refractivity contribution in [3.63, 3.8) is 0 Å². The van der Waals surface area contributed by atoms with Crippen molar-refractivity contribution >= 4 is 5.97 Å². The molecule has 104 valence electrons. The van der Waals surface area contributed by atoms with Crippen molar-refractivity contribution in [2.24, 2.45) is 11.3 Å². The van der Waals surface area contributed by atoms with Crippen molar-refractivity contribution in [1.82, 2.24) is 9.80 Å². The first-order chi connectivity index (χ1) is 8.47. The maximum absolute atomic E-state index is 11.6. The second kappa shape index (κ2) is 5.15. The molecule has 0 aromatic rings. The first kappa shape index (κ1) is 13.8. The van der Waals surface area contributed by atoms with Crippen molar-refractivity contribution < 1.29 is 14.6 Å². The van der Waals surface area contributed by atoms with Crippen LogP contribution < -0.4 is 0 Å². The summed E-state index contributed by atoms with van der Waals surface area (Å²) in [7, 11) is 6.11. The molecule has 2 aliphatic heterocycles. The van der Waals surface area contributed by atoms with Gasteiger partial charge in [0, 0.05) is 6.04 Å². The number of carbonyl (C=O) groups is 1. The molecule has 2 saturated heterocycles. The van der Waals surface area contributed by atoms with E-state index in [-0.39, 0.29) is 6.04 Å². The summed E-state index contributed by atoms with van der Waals surface area (Å²) < 4.78 is 5.22. The molecule has 2 heterocycles. The van der Waals surface area contributed by atoms with Crippen LogP contribution in [0.2, 0.25) is 0 Å². The van der Waals surface area contributed by atoms with Gasteiger partial charge in [0.15, 0.2) is 0 Å². The van der Waals surface area contributed by atoms with Crippen molar-refractivity contribution in [3.05, 3.63) is 0 Å². The van der Waals surface area contributed by atoms with E-state index in [2.05, 4.69) is 16.8 Å². The fraction of sp³-hybridized carbons (Fsp3) is 0.923. The molecule has 5 heteroatoms. The zero-order valence-corrected chi connectivity index (χ0v) is 11.6. The Labute approximate surface area is 109 Å². The van der Waals surface area contributed by atoms with E-state index in [0.29, 0.717) is 19.1 Å². The number of hydrogen-bond acceptors (Lipinski definition) is 4. The van der Waals surface area contributed by atoms with Gasteiger partial charge in [-0.15, -0.1) is 0 Å². The summed E-state index contributed by atoms with van der Waals surface area (Å²) in [6, 6.07) is 0.0810. The first-order valence-electron chi connectivity index (χ1n) is 6.63. The summed E-state index contributed by atoms with van der Waals surface area (Å²) in [5, 5.41) is 9.57. The van der Waals surface area contributed by atoms with Crippen LogP contribution in [0.5, 0.6) is 0 Å². The Balaban J connectivity index is 2.15. The van der Waals surface area contributed by atoms with Crippen LogP contribution in [0.15, 0.2) is 0 Å². The molecule has 1 unspecified atom stereocenters. The second-order valence-corrected chi connectivity index (χ2v) is 6.00. The molecule has 1 N–H and O–H groups in total. The van der Waals surface area contributed by atoms with Crippen molar-refractivity contribution in [1.29, 1.82) is 0 Å². The van der Waals surface area contributed by atoms with Gasteiger partial charge >= 0.3 is 5.97 Å². The van der Waals surface area contributed by atoms with E-state index in [0.717, 1.165) is 25.9 Å². The second-order valence-electron chi connectivity index (χ2n) is 6.00. The SMILES string of the molecule is CN1CCC(C(N(C)C)C2(C(=O)O)COC2)CC1. The highest BCUT2D eigenvalue weighted by Crippen LogP contribution is 2.40. The normalized spacial score (nSPS) is 26.9. The number of ether oxygens (including phenoxy) is 1. The number of carboxylic acids is 1. The van der Waals surface area contributed by atoms with Gasteiger partial charge in [0.2, 0.25) is 0 Å². The summed E-state index contributed by atoms with van der Waals surface area (Å²) >= 11 is 0. The highest BCUT2D eigenvalue weighted by molar-refractivity contribution is 5.77. The van der Waals surface area contributed by atoms with Crippen molar-refractivity contribution in [2.75, 3.05) is 47.4 Å². The molecular weight excluding hydrogens is 232 g/mol. The fourth-order valence-electron chi connectivity index (χ4n) is 3.45. The Hall–Kier alpha value is -0.650. The number of rotatable bonds is 4. The number of piperidine rings is 1. The van der Waals surface area contributed by atoms with Crippen LogP contribution in [0.4, 0.5) is 0 Å². The topological polar surface area (TPSA) is 53.0 Å². The monoisotopic (exact) mass is 256 g/mol. The number of hydrogen-bond donors (Lipinski definition) is 1. The Morgan fingerprint density at radius 3 is 2.28 bits per heavy atom. The highest BCUT2D eigenvalue weighted by atomic mass is 16.5. The fourth-order valence-corrected chi connectivity index (χ4v) is 3.45. The lowest BCUT2D eigenvalue weighted by molar-refractivity contribution is -0.199. The summed E-state index contributed by atoms with van der Waals surface area (Å²) in [5.74, 6) is -0.248. The molecule has 0 aliphatic carbocycles. The molecule has 2 aliphatic rings. The standard InChI is InChI=1S/C13H24N2O3/c1-14(2)11(10-4-6-15(3)7-5-10)13(12(16)17)8-18-9-13/h10-11H,4-9H2,1-3H3,(H,16,17). The molecule has 2 rings (SSSR count). The van der Waals surface area contributed by atoms with E-state index in [1.165, 1.54) is 0 Å². The van der Waals surface area contributed by atoms with E-state index < -0.39 is 11.4 Å². The summed E-state index contributed by atoms with van der Waals surface area (Å²) in [6.07, 6.45) is 2.16. The van der Waals surface area contributed by atoms with Crippen LogP contribution in [-0.2, 0) is 9.53 Å². The van der Waals surface area contributed by atoms with Crippen LogP contribution in [0.25, 0.3) is 0 Å². The molecule has 0 bridgehead atoms. The zero-order valence-electron chi connectivity index (χ0n) is 11.6. The Kier molecular flexibility index (Phi) is 3.94. The maximum Gasteiger partial charge on any atom is 0.315 e. The Bertz CT molecular complexity index is 307. The minimum Gasteiger partial charge on any atom is -0.481 e. The molecule has 0 spiro atoms. The third-order valence-electron chi connectivity index (χ3n) is 4.48. The van der Waals surface area contributed by atoms with Gasteiger partial charge in [-0.25, -0.2) is 0 Å². The van der Waals surface area contributed by atoms with Gasteiger partial charge in [0.1, 0.15) is 5.41 Å². The first-order valence-corrected chi connectivity index (χ1v) is 6.63. The van der Waals surface area contributed by atoms with Gasteiger partial charge in [0.25, 0.3) is 0 Å². The Morgan fingerprint density at radius 1 is 1.39 bits per heavy atom. The van der Waals surface area contributed by atoms with E-state index in [1.54, 1.807) is 0 Å². The van der Waals surface area contributed by atoms with Gasteiger partial charge < -0.3 is 19.6 Å². The van der Waals surface area contributed by atoms with E-state index >= 15 is 0 Å². The van der Waals surface area contributed by atoms with E-state index in [9.17, 15) is 9.90 Å². The molecule has 0 radical (unpaired) electrons. The molecule has 5 nitrogen and oxygen atoms in total. The third kappa shape index (κ3) is 2.27. The van der Waals surface area contributed by atoms with Crippen LogP contribution in [-0.4, -0.2) is 74.4 Å². The maximum atomic E-state index is 11.6. The lowest BCUT2D eigenvalue weighted by Gasteiger charge is -2.50.